The first-order chi connectivity index (χ1) is 7.77. The topological polar surface area (TPSA) is 74.0 Å². The van der Waals surface area contributed by atoms with Crippen LogP contribution >= 0.6 is 0 Å². The minimum Gasteiger partial charge on any atom is -0.366 e. The molecule has 0 atom stereocenters. The first kappa shape index (κ1) is 10.9. The Labute approximate surface area is 93.3 Å². The van der Waals surface area contributed by atoms with E-state index in [9.17, 15) is 9.59 Å². The molecule has 16 heavy (non-hydrogen) atoms. The van der Waals surface area contributed by atoms with Crippen molar-refractivity contribution < 1.29 is 4.79 Å². The van der Waals surface area contributed by atoms with E-state index in [1.165, 1.54) is 12.3 Å². The molecule has 1 aliphatic rings. The number of aromatic amines is 1. The Morgan fingerprint density at radius 1 is 1.38 bits per heavy atom. The number of H-pyrrole nitrogens is 1. The van der Waals surface area contributed by atoms with Gasteiger partial charge in [0.1, 0.15) is 5.69 Å². The molecule has 0 saturated carbocycles. The first-order valence-corrected chi connectivity index (χ1v) is 5.46. The molecule has 2 rings (SSSR count). The van der Waals surface area contributed by atoms with E-state index in [4.69, 9.17) is 0 Å². The number of carbonyl (C=O) groups excluding carboxylic acids is 1. The van der Waals surface area contributed by atoms with Gasteiger partial charge in [-0.05, 0) is 25.9 Å². The van der Waals surface area contributed by atoms with Crippen LogP contribution in [0.15, 0.2) is 23.3 Å². The van der Waals surface area contributed by atoms with Crippen molar-refractivity contribution in [2.24, 2.45) is 5.92 Å². The number of hydrogen-bond acceptors (Lipinski definition) is 3. The zero-order valence-electron chi connectivity index (χ0n) is 8.95. The van der Waals surface area contributed by atoms with Crippen molar-refractivity contribution in [3.63, 3.8) is 0 Å². The van der Waals surface area contributed by atoms with E-state index in [2.05, 4.69) is 15.6 Å². The van der Waals surface area contributed by atoms with Gasteiger partial charge in [-0.3, -0.25) is 9.59 Å². The highest BCUT2D eigenvalue weighted by Gasteiger charge is 2.21. The first-order valence-electron chi connectivity index (χ1n) is 5.46. The average molecular weight is 221 g/mol. The third-order valence-electron chi connectivity index (χ3n) is 2.79. The van der Waals surface area contributed by atoms with Crippen LogP contribution in [0.5, 0.6) is 0 Å². The molecule has 1 saturated heterocycles. The Hall–Kier alpha value is -1.62. The molecule has 1 aliphatic heterocycles. The van der Waals surface area contributed by atoms with Crippen LogP contribution in [0.1, 0.15) is 12.8 Å². The minimum atomic E-state index is -0.166. The van der Waals surface area contributed by atoms with E-state index >= 15 is 0 Å². The lowest BCUT2D eigenvalue weighted by Gasteiger charge is -2.21. The maximum atomic E-state index is 11.8. The van der Waals surface area contributed by atoms with Crippen LogP contribution in [-0.4, -0.2) is 24.0 Å². The summed E-state index contributed by atoms with van der Waals surface area (Å²) in [5, 5.41) is 5.87. The highest BCUT2D eigenvalue weighted by molar-refractivity contribution is 5.92. The Balaban J connectivity index is 2.01. The molecule has 0 aliphatic carbocycles. The zero-order valence-corrected chi connectivity index (χ0v) is 8.95. The van der Waals surface area contributed by atoms with Crippen LogP contribution in [-0.2, 0) is 4.79 Å². The molecule has 0 unspecified atom stereocenters. The molecular formula is C11H15N3O2. The number of amides is 1. The summed E-state index contributed by atoms with van der Waals surface area (Å²) in [7, 11) is 0. The predicted octanol–water partition coefficient (Wildman–Crippen LogP) is 0.313. The highest BCUT2D eigenvalue weighted by Crippen LogP contribution is 2.13. The normalized spacial score (nSPS) is 17.0. The monoisotopic (exact) mass is 221 g/mol. The van der Waals surface area contributed by atoms with E-state index in [0.717, 1.165) is 25.9 Å². The van der Waals surface area contributed by atoms with Crippen molar-refractivity contribution in [1.29, 1.82) is 0 Å². The Morgan fingerprint density at radius 3 is 2.81 bits per heavy atom. The van der Waals surface area contributed by atoms with Crippen molar-refractivity contribution in [2.45, 2.75) is 12.8 Å². The number of rotatable bonds is 2. The summed E-state index contributed by atoms with van der Waals surface area (Å²) in [6.45, 7) is 1.73. The van der Waals surface area contributed by atoms with E-state index < -0.39 is 0 Å². The molecule has 1 aromatic heterocycles. The van der Waals surface area contributed by atoms with Crippen LogP contribution in [0.3, 0.4) is 0 Å². The molecule has 86 valence electrons. The summed E-state index contributed by atoms with van der Waals surface area (Å²) in [6.07, 6.45) is 4.72. The van der Waals surface area contributed by atoms with Gasteiger partial charge in [0.15, 0.2) is 0 Å². The van der Waals surface area contributed by atoms with Gasteiger partial charge >= 0.3 is 0 Å². The van der Waals surface area contributed by atoms with Gasteiger partial charge in [0, 0.05) is 24.4 Å². The smallest absolute Gasteiger partial charge is 0.227 e. The molecule has 0 spiro atoms. The van der Waals surface area contributed by atoms with Crippen LogP contribution in [0.25, 0.3) is 0 Å². The van der Waals surface area contributed by atoms with Crippen LogP contribution in [0.2, 0.25) is 0 Å². The fourth-order valence-corrected chi connectivity index (χ4v) is 1.83. The molecule has 0 aromatic carbocycles. The average Bonchev–Trinajstić information content (AvgIpc) is 2.33. The molecule has 0 bridgehead atoms. The lowest BCUT2D eigenvalue weighted by Crippen LogP contribution is -2.35. The van der Waals surface area contributed by atoms with E-state index in [1.807, 2.05) is 0 Å². The fraction of sp³-hybridized carbons (Fsp3) is 0.455. The number of piperidine rings is 1. The second-order valence-electron chi connectivity index (χ2n) is 3.94. The number of anilines is 1. The van der Waals surface area contributed by atoms with Crippen LogP contribution in [0, 0.1) is 5.92 Å². The number of aromatic nitrogens is 1. The number of carbonyl (C=O) groups is 1. The summed E-state index contributed by atoms with van der Waals surface area (Å²) in [5.41, 5.74) is 0.159. The number of hydrogen-bond donors (Lipinski definition) is 3. The zero-order chi connectivity index (χ0) is 11.4. The Bertz CT molecular complexity index is 421. The summed E-state index contributed by atoms with van der Waals surface area (Å²) >= 11 is 0. The quantitative estimate of drug-likeness (QED) is 0.673. The van der Waals surface area contributed by atoms with Crippen LogP contribution in [0.4, 0.5) is 5.69 Å². The van der Waals surface area contributed by atoms with E-state index in [1.54, 1.807) is 6.20 Å². The SMILES string of the molecule is O=C(Nc1c[nH]ccc1=O)C1CCNCC1. The van der Waals surface area contributed by atoms with Crippen molar-refractivity contribution in [2.75, 3.05) is 18.4 Å². The summed E-state index contributed by atoms with van der Waals surface area (Å²) < 4.78 is 0. The lowest BCUT2D eigenvalue weighted by molar-refractivity contribution is -0.120. The van der Waals surface area contributed by atoms with Gasteiger partial charge in [-0.15, -0.1) is 0 Å². The van der Waals surface area contributed by atoms with E-state index in [-0.39, 0.29) is 17.3 Å². The molecule has 1 amide bonds. The molecule has 0 radical (unpaired) electrons. The van der Waals surface area contributed by atoms with Crippen LogP contribution < -0.4 is 16.1 Å². The third kappa shape index (κ3) is 2.49. The minimum absolute atomic E-state index is 0.0147. The highest BCUT2D eigenvalue weighted by atomic mass is 16.2. The predicted molar refractivity (Wildman–Crippen MR) is 61.3 cm³/mol. The van der Waals surface area contributed by atoms with Gasteiger partial charge in [0.25, 0.3) is 0 Å². The number of nitrogens with one attached hydrogen (secondary N) is 3. The molecular weight excluding hydrogens is 206 g/mol. The summed E-state index contributed by atoms with van der Waals surface area (Å²) in [4.78, 5) is 26.0. The van der Waals surface area contributed by atoms with Gasteiger partial charge < -0.3 is 15.6 Å². The van der Waals surface area contributed by atoms with Gasteiger partial charge in [-0.25, -0.2) is 0 Å². The fourth-order valence-electron chi connectivity index (χ4n) is 1.83. The lowest BCUT2D eigenvalue weighted by atomic mass is 9.97. The molecule has 5 nitrogen and oxygen atoms in total. The Kier molecular flexibility index (Phi) is 3.36. The second-order valence-corrected chi connectivity index (χ2v) is 3.94. The van der Waals surface area contributed by atoms with Gasteiger partial charge in [0.2, 0.25) is 11.3 Å². The third-order valence-corrected chi connectivity index (χ3v) is 2.79. The van der Waals surface area contributed by atoms with Crippen molar-refractivity contribution in [1.82, 2.24) is 10.3 Å². The summed E-state index contributed by atoms with van der Waals surface area (Å²) in [5.74, 6) is -0.0425. The molecule has 1 aromatic rings. The van der Waals surface area contributed by atoms with Crippen molar-refractivity contribution in [3.8, 4) is 0 Å². The maximum absolute atomic E-state index is 11.8. The molecule has 3 N–H and O–H groups in total. The van der Waals surface area contributed by atoms with Crippen molar-refractivity contribution >= 4 is 11.6 Å². The maximum Gasteiger partial charge on any atom is 0.227 e. The Morgan fingerprint density at radius 2 is 2.12 bits per heavy atom. The largest absolute Gasteiger partial charge is 0.366 e. The van der Waals surface area contributed by atoms with Gasteiger partial charge in [0.05, 0.1) is 0 Å². The standard InChI is InChI=1S/C11H15N3O2/c15-10-3-6-13-7-9(10)14-11(16)8-1-4-12-5-2-8/h3,6-8,12H,1-2,4-5H2,(H,13,15)(H,14,16). The molecule has 2 heterocycles. The second kappa shape index (κ2) is 4.94. The molecule has 5 heteroatoms. The number of pyridine rings is 1. The van der Waals surface area contributed by atoms with Gasteiger partial charge in [-0.1, -0.05) is 0 Å². The van der Waals surface area contributed by atoms with Crippen molar-refractivity contribution in [3.05, 3.63) is 28.7 Å². The van der Waals surface area contributed by atoms with Gasteiger partial charge in [-0.2, -0.15) is 0 Å². The summed E-state index contributed by atoms with van der Waals surface area (Å²) in [6, 6.07) is 1.40. The molecule has 1 fully saturated rings. The van der Waals surface area contributed by atoms with E-state index in [0.29, 0.717) is 5.69 Å².